The Morgan fingerprint density at radius 2 is 2.16 bits per heavy atom. The first kappa shape index (κ1) is 12.4. The Hall–Kier alpha value is -1.62. The lowest BCUT2D eigenvalue weighted by atomic mass is 10.1. The van der Waals surface area contributed by atoms with E-state index >= 15 is 0 Å². The Kier molecular flexibility index (Phi) is 3.38. The number of likely N-dealkylation sites (tertiary alicyclic amines) is 1. The zero-order valence-electron chi connectivity index (χ0n) is 10.4. The molecule has 2 heterocycles. The van der Waals surface area contributed by atoms with Crippen molar-refractivity contribution in [3.8, 4) is 0 Å². The molecule has 1 atom stereocenters. The van der Waals surface area contributed by atoms with Crippen LogP contribution in [0, 0.1) is 0 Å². The van der Waals surface area contributed by atoms with Crippen molar-refractivity contribution in [1.82, 2.24) is 4.90 Å². The maximum Gasteiger partial charge on any atom is 0.283 e. The van der Waals surface area contributed by atoms with E-state index in [0.717, 1.165) is 31.6 Å². The van der Waals surface area contributed by atoms with E-state index in [0.29, 0.717) is 4.91 Å². The summed E-state index contributed by atoms with van der Waals surface area (Å²) in [6.45, 7) is 1.59. The van der Waals surface area contributed by atoms with Crippen LogP contribution in [-0.4, -0.2) is 40.8 Å². The molecule has 3 rings (SSSR count). The van der Waals surface area contributed by atoms with Crippen LogP contribution in [0.1, 0.15) is 12.8 Å². The van der Waals surface area contributed by atoms with Crippen LogP contribution in [-0.2, 0) is 9.59 Å². The van der Waals surface area contributed by atoms with Gasteiger partial charge in [-0.3, -0.25) is 9.59 Å². The molecule has 3 aliphatic rings. The van der Waals surface area contributed by atoms with E-state index in [1.807, 2.05) is 24.3 Å². The number of hydrogen-bond acceptors (Lipinski definition) is 3. The second kappa shape index (κ2) is 5.17. The monoisotopic (exact) mass is 274 g/mol. The Balaban J connectivity index is 1.80. The van der Waals surface area contributed by atoms with Gasteiger partial charge in [-0.05, 0) is 18.9 Å². The number of carbonyl (C=O) groups is 2. The molecule has 1 fully saturated rings. The number of allylic oxidation sites excluding steroid dienone is 3. The van der Waals surface area contributed by atoms with E-state index < -0.39 is 0 Å². The number of rotatable bonds is 1. The standard InChI is InChI=1S/C14H14N2O2S/c17-13(16-7-3-4-8-16)9-12-14(18)15-10-5-1-2-6-11(10)19-12/h1-2,5-6,9,11H,3-4,7-8H2/b12-9-. The predicted octanol–water partition coefficient (Wildman–Crippen LogP) is 1.70. The van der Waals surface area contributed by atoms with Crippen molar-refractivity contribution in [2.45, 2.75) is 18.1 Å². The first-order valence-corrected chi connectivity index (χ1v) is 7.27. The van der Waals surface area contributed by atoms with Crippen LogP contribution in [0.25, 0.3) is 0 Å². The molecule has 0 N–H and O–H groups in total. The van der Waals surface area contributed by atoms with Gasteiger partial charge in [0.1, 0.15) is 0 Å². The molecule has 19 heavy (non-hydrogen) atoms. The van der Waals surface area contributed by atoms with Crippen molar-refractivity contribution < 1.29 is 9.59 Å². The summed E-state index contributed by atoms with van der Waals surface area (Å²) < 4.78 is 0. The molecule has 2 amide bonds. The lowest BCUT2D eigenvalue weighted by Crippen LogP contribution is -2.28. The van der Waals surface area contributed by atoms with Crippen molar-refractivity contribution in [3.63, 3.8) is 0 Å². The van der Waals surface area contributed by atoms with Gasteiger partial charge in [0.25, 0.3) is 5.91 Å². The highest BCUT2D eigenvalue weighted by atomic mass is 32.2. The molecule has 0 aromatic carbocycles. The fraction of sp³-hybridized carbons (Fsp3) is 0.357. The van der Waals surface area contributed by atoms with Crippen molar-refractivity contribution in [1.29, 1.82) is 0 Å². The minimum Gasteiger partial charge on any atom is -0.339 e. The highest BCUT2D eigenvalue weighted by molar-refractivity contribution is 8.05. The Bertz CT molecular complexity index is 540. The minimum absolute atomic E-state index is 0.0559. The van der Waals surface area contributed by atoms with Crippen LogP contribution in [0.4, 0.5) is 0 Å². The number of amides is 2. The van der Waals surface area contributed by atoms with Gasteiger partial charge >= 0.3 is 0 Å². The van der Waals surface area contributed by atoms with Crippen LogP contribution < -0.4 is 0 Å². The maximum atomic E-state index is 12.0. The van der Waals surface area contributed by atoms with Gasteiger partial charge < -0.3 is 4.90 Å². The van der Waals surface area contributed by atoms with Crippen LogP contribution in [0.5, 0.6) is 0 Å². The highest BCUT2D eigenvalue weighted by Crippen LogP contribution is 2.31. The third-order valence-electron chi connectivity index (χ3n) is 3.32. The summed E-state index contributed by atoms with van der Waals surface area (Å²) >= 11 is 1.41. The van der Waals surface area contributed by atoms with Crippen molar-refractivity contribution in [3.05, 3.63) is 35.3 Å². The summed E-state index contributed by atoms with van der Waals surface area (Å²) in [5, 5.41) is 0.0559. The summed E-state index contributed by atoms with van der Waals surface area (Å²) in [7, 11) is 0. The predicted molar refractivity (Wildman–Crippen MR) is 76.0 cm³/mol. The number of thioether (sulfide) groups is 1. The first-order chi connectivity index (χ1) is 9.24. The van der Waals surface area contributed by atoms with E-state index in [1.165, 1.54) is 17.8 Å². The molecule has 0 saturated carbocycles. The minimum atomic E-state index is -0.302. The van der Waals surface area contributed by atoms with Crippen molar-refractivity contribution in [2.24, 2.45) is 4.99 Å². The lowest BCUT2D eigenvalue weighted by Gasteiger charge is -2.21. The van der Waals surface area contributed by atoms with E-state index in [9.17, 15) is 9.59 Å². The Labute approximate surface area is 115 Å². The largest absolute Gasteiger partial charge is 0.339 e. The second-order valence-corrected chi connectivity index (χ2v) is 5.85. The summed E-state index contributed by atoms with van der Waals surface area (Å²) in [5.41, 5.74) is 0.767. The molecule has 4 nitrogen and oxygen atoms in total. The van der Waals surface area contributed by atoms with E-state index in [4.69, 9.17) is 0 Å². The van der Waals surface area contributed by atoms with Gasteiger partial charge in [-0.2, -0.15) is 0 Å². The normalized spacial score (nSPS) is 27.7. The summed E-state index contributed by atoms with van der Waals surface area (Å²) in [6, 6.07) is 0. The highest BCUT2D eigenvalue weighted by Gasteiger charge is 2.27. The van der Waals surface area contributed by atoms with E-state index in [2.05, 4.69) is 4.99 Å². The summed E-state index contributed by atoms with van der Waals surface area (Å²) in [6.07, 6.45) is 11.2. The topological polar surface area (TPSA) is 49.7 Å². The number of aliphatic imine (C=N–C) groups is 1. The van der Waals surface area contributed by atoms with Crippen LogP contribution in [0.15, 0.2) is 40.3 Å². The molecule has 1 aliphatic carbocycles. The lowest BCUT2D eigenvalue weighted by molar-refractivity contribution is -0.125. The molecular formula is C14H14N2O2S. The zero-order valence-corrected chi connectivity index (χ0v) is 11.2. The van der Waals surface area contributed by atoms with Crippen LogP contribution in [0.2, 0.25) is 0 Å². The van der Waals surface area contributed by atoms with Gasteiger partial charge in [0.15, 0.2) is 0 Å². The fourth-order valence-electron chi connectivity index (χ4n) is 2.31. The molecule has 0 aromatic rings. The average Bonchev–Trinajstić information content (AvgIpc) is 2.93. The number of nitrogens with zero attached hydrogens (tertiary/aromatic N) is 2. The molecule has 1 saturated heterocycles. The van der Waals surface area contributed by atoms with Crippen molar-refractivity contribution >= 4 is 29.3 Å². The maximum absolute atomic E-state index is 12.0. The molecule has 98 valence electrons. The molecule has 0 aromatic heterocycles. The van der Waals surface area contributed by atoms with Gasteiger partial charge in [-0.1, -0.05) is 18.2 Å². The van der Waals surface area contributed by atoms with E-state index in [-0.39, 0.29) is 17.1 Å². The summed E-state index contributed by atoms with van der Waals surface area (Å²) in [5.74, 6) is -0.369. The quantitative estimate of drug-likeness (QED) is 0.684. The molecule has 0 radical (unpaired) electrons. The smallest absolute Gasteiger partial charge is 0.283 e. The second-order valence-electron chi connectivity index (χ2n) is 4.67. The first-order valence-electron chi connectivity index (χ1n) is 6.39. The van der Waals surface area contributed by atoms with Gasteiger partial charge in [-0.15, -0.1) is 11.8 Å². The van der Waals surface area contributed by atoms with E-state index in [1.54, 1.807) is 4.90 Å². The van der Waals surface area contributed by atoms with Gasteiger partial charge in [0.05, 0.1) is 15.9 Å². The van der Waals surface area contributed by atoms with Gasteiger partial charge in [0, 0.05) is 19.2 Å². The molecule has 1 unspecified atom stereocenters. The number of hydrogen-bond donors (Lipinski definition) is 0. The zero-order chi connectivity index (χ0) is 13.2. The molecule has 2 aliphatic heterocycles. The third kappa shape index (κ3) is 2.56. The average molecular weight is 274 g/mol. The number of carbonyl (C=O) groups excluding carboxylic acids is 2. The van der Waals surface area contributed by atoms with Gasteiger partial charge in [0.2, 0.25) is 5.91 Å². The fourth-order valence-corrected chi connectivity index (χ4v) is 3.32. The molecular weight excluding hydrogens is 260 g/mol. The Morgan fingerprint density at radius 1 is 1.37 bits per heavy atom. The van der Waals surface area contributed by atoms with Crippen LogP contribution >= 0.6 is 11.8 Å². The van der Waals surface area contributed by atoms with Gasteiger partial charge in [-0.25, -0.2) is 4.99 Å². The molecule has 0 spiro atoms. The molecule has 5 heteroatoms. The molecule has 0 bridgehead atoms. The number of fused-ring (bicyclic) bond motifs is 1. The Morgan fingerprint density at radius 3 is 2.95 bits per heavy atom. The third-order valence-corrected chi connectivity index (χ3v) is 4.52. The van der Waals surface area contributed by atoms with Crippen LogP contribution in [0.3, 0.4) is 0 Å². The SMILES string of the molecule is O=C1N=C2C=CC=CC2S/C1=C\C(=O)N1CCCC1. The summed E-state index contributed by atoms with van der Waals surface area (Å²) in [4.78, 5) is 30.2. The van der Waals surface area contributed by atoms with Crippen molar-refractivity contribution in [2.75, 3.05) is 13.1 Å².